The normalized spacial score (nSPS) is 21.6. The van der Waals surface area contributed by atoms with Crippen molar-refractivity contribution >= 4 is 10.1 Å². The lowest BCUT2D eigenvalue weighted by Crippen LogP contribution is -2.17. The number of fused-ring (bicyclic) bond motifs is 3. The van der Waals surface area contributed by atoms with Crippen molar-refractivity contribution in [1.29, 1.82) is 0 Å². The first-order valence-electron chi connectivity index (χ1n) is 6.66. The molecule has 0 spiro atoms. The molecule has 1 heterocycles. The third kappa shape index (κ3) is 2.62. The van der Waals surface area contributed by atoms with E-state index >= 15 is 0 Å². The van der Waals surface area contributed by atoms with Crippen LogP contribution in [0.15, 0.2) is 12.1 Å². The maximum absolute atomic E-state index is 11.1. The first kappa shape index (κ1) is 12.9. The highest BCUT2D eigenvalue weighted by atomic mass is 32.2. The fourth-order valence-electron chi connectivity index (χ4n) is 3.03. The van der Waals surface area contributed by atoms with Crippen LogP contribution in [0.4, 0.5) is 0 Å². The second kappa shape index (κ2) is 4.80. The first-order chi connectivity index (χ1) is 9.04. The van der Waals surface area contributed by atoms with Crippen LogP contribution in [0.5, 0.6) is 5.75 Å². The molecule has 4 nitrogen and oxygen atoms in total. The molecule has 2 aliphatic rings. The van der Waals surface area contributed by atoms with Gasteiger partial charge in [-0.25, -0.2) is 0 Å². The van der Waals surface area contributed by atoms with Crippen molar-refractivity contribution in [3.05, 3.63) is 28.8 Å². The number of rotatable bonds is 3. The maximum atomic E-state index is 11.1. The van der Waals surface area contributed by atoms with Crippen LogP contribution in [0.2, 0.25) is 0 Å². The third-order valence-corrected chi connectivity index (χ3v) is 4.46. The maximum Gasteiger partial charge on any atom is 0.264 e. The van der Waals surface area contributed by atoms with Crippen molar-refractivity contribution in [3.63, 3.8) is 0 Å². The lowest BCUT2D eigenvalue weighted by Gasteiger charge is -2.26. The molecule has 0 amide bonds. The molecule has 0 unspecified atom stereocenters. The van der Waals surface area contributed by atoms with Gasteiger partial charge in [-0.2, -0.15) is 8.42 Å². The number of hydrogen-bond donors (Lipinski definition) is 0. The van der Waals surface area contributed by atoms with Gasteiger partial charge in [0.15, 0.2) is 0 Å². The summed E-state index contributed by atoms with van der Waals surface area (Å²) < 4.78 is 33.0. The monoisotopic (exact) mass is 282 g/mol. The zero-order chi connectivity index (χ0) is 13.5. The van der Waals surface area contributed by atoms with Crippen molar-refractivity contribution in [2.75, 3.05) is 19.5 Å². The molecule has 0 saturated carbocycles. The molecule has 0 N–H and O–H groups in total. The van der Waals surface area contributed by atoms with Gasteiger partial charge in [0.05, 0.1) is 19.5 Å². The highest BCUT2D eigenvalue weighted by Gasteiger charge is 2.27. The summed E-state index contributed by atoms with van der Waals surface area (Å²) in [5.41, 5.74) is 3.75. The molecule has 19 heavy (non-hydrogen) atoms. The quantitative estimate of drug-likeness (QED) is 0.796. The summed E-state index contributed by atoms with van der Waals surface area (Å²) in [6.45, 7) is 1.00. The third-order valence-electron chi connectivity index (χ3n) is 3.90. The van der Waals surface area contributed by atoms with E-state index in [0.717, 1.165) is 44.3 Å². The predicted molar refractivity (Wildman–Crippen MR) is 72.1 cm³/mol. The van der Waals surface area contributed by atoms with Gasteiger partial charge >= 0.3 is 0 Å². The predicted octanol–water partition coefficient (Wildman–Crippen LogP) is 2.02. The van der Waals surface area contributed by atoms with Gasteiger partial charge in [-0.3, -0.25) is 4.18 Å². The summed E-state index contributed by atoms with van der Waals surface area (Å²) in [5, 5.41) is 0. The summed E-state index contributed by atoms with van der Waals surface area (Å²) in [7, 11) is -3.37. The number of hydrogen-bond acceptors (Lipinski definition) is 4. The lowest BCUT2D eigenvalue weighted by molar-refractivity contribution is 0.279. The standard InChI is InChI=1S/C14H18O4S/c1-19(15,16)18-9-11-3-2-4-13-12(11)6-5-10-7-8-17-14(10)13/h5-6,11H,2-4,7-9H2,1H3/t11-/m0/s1. The Morgan fingerprint density at radius 1 is 1.37 bits per heavy atom. The van der Waals surface area contributed by atoms with Crippen molar-refractivity contribution in [2.24, 2.45) is 0 Å². The Kier molecular flexibility index (Phi) is 3.27. The summed E-state index contributed by atoms with van der Waals surface area (Å²) in [6.07, 6.45) is 5.13. The van der Waals surface area contributed by atoms with Crippen LogP contribution >= 0.6 is 0 Å². The van der Waals surface area contributed by atoms with Crippen molar-refractivity contribution in [2.45, 2.75) is 31.6 Å². The second-order valence-corrected chi connectivity index (χ2v) is 6.94. The molecule has 0 radical (unpaired) electrons. The van der Waals surface area contributed by atoms with Crippen LogP contribution in [-0.4, -0.2) is 27.9 Å². The van der Waals surface area contributed by atoms with Crippen molar-refractivity contribution in [1.82, 2.24) is 0 Å². The van der Waals surface area contributed by atoms with E-state index < -0.39 is 10.1 Å². The average molecular weight is 282 g/mol. The molecular weight excluding hydrogens is 264 g/mol. The molecule has 3 rings (SSSR count). The minimum absolute atomic E-state index is 0.160. The van der Waals surface area contributed by atoms with E-state index in [-0.39, 0.29) is 12.5 Å². The molecule has 0 aromatic heterocycles. The molecule has 104 valence electrons. The smallest absolute Gasteiger partial charge is 0.264 e. The Balaban J connectivity index is 1.88. The highest BCUT2D eigenvalue weighted by Crippen LogP contribution is 2.40. The Morgan fingerprint density at radius 2 is 2.21 bits per heavy atom. The number of ether oxygens (including phenoxy) is 1. The SMILES string of the molecule is CS(=O)(=O)OC[C@@H]1CCCc2c1ccc1c2OCC1. The zero-order valence-electron chi connectivity index (χ0n) is 11.0. The topological polar surface area (TPSA) is 52.6 Å². The Bertz CT molecular complexity index is 592. The lowest BCUT2D eigenvalue weighted by atomic mass is 9.82. The van der Waals surface area contributed by atoms with Gasteiger partial charge in [0.1, 0.15) is 5.75 Å². The van der Waals surface area contributed by atoms with Gasteiger partial charge in [0, 0.05) is 12.3 Å². The summed E-state index contributed by atoms with van der Waals surface area (Å²) in [4.78, 5) is 0. The molecule has 0 saturated heterocycles. The van der Waals surface area contributed by atoms with E-state index in [9.17, 15) is 8.42 Å². The van der Waals surface area contributed by atoms with Crippen molar-refractivity contribution < 1.29 is 17.3 Å². The minimum Gasteiger partial charge on any atom is -0.493 e. The van der Waals surface area contributed by atoms with Crippen LogP contribution < -0.4 is 4.74 Å². The molecular formula is C14H18O4S. The summed E-state index contributed by atoms with van der Waals surface area (Å²) in [5.74, 6) is 1.20. The van der Waals surface area contributed by atoms with Crippen LogP contribution in [0.25, 0.3) is 0 Å². The molecule has 0 fully saturated rings. The summed E-state index contributed by atoms with van der Waals surface area (Å²) >= 11 is 0. The number of benzene rings is 1. The van der Waals surface area contributed by atoms with Crippen molar-refractivity contribution in [3.8, 4) is 5.75 Å². The van der Waals surface area contributed by atoms with Gasteiger partial charge in [-0.1, -0.05) is 12.1 Å². The van der Waals surface area contributed by atoms with Gasteiger partial charge in [0.2, 0.25) is 0 Å². The Morgan fingerprint density at radius 3 is 3.00 bits per heavy atom. The molecule has 1 aromatic rings. The van der Waals surface area contributed by atoms with Gasteiger partial charge < -0.3 is 4.74 Å². The molecule has 1 aromatic carbocycles. The van der Waals surface area contributed by atoms with E-state index in [1.54, 1.807) is 0 Å². The second-order valence-electron chi connectivity index (χ2n) is 5.30. The Hall–Kier alpha value is -1.07. The average Bonchev–Trinajstić information content (AvgIpc) is 2.83. The van der Waals surface area contributed by atoms with E-state index in [1.165, 1.54) is 16.7 Å². The molecule has 1 atom stereocenters. The van der Waals surface area contributed by atoms with Crippen LogP contribution in [0.3, 0.4) is 0 Å². The summed E-state index contributed by atoms with van der Waals surface area (Å²) in [6, 6.07) is 4.23. The first-order valence-corrected chi connectivity index (χ1v) is 8.48. The minimum atomic E-state index is -3.37. The van der Waals surface area contributed by atoms with Crippen LogP contribution in [0, 0.1) is 0 Å². The zero-order valence-corrected chi connectivity index (χ0v) is 11.8. The van der Waals surface area contributed by atoms with Gasteiger partial charge in [-0.05, 0) is 36.0 Å². The van der Waals surface area contributed by atoms with Crippen LogP contribution in [-0.2, 0) is 27.1 Å². The van der Waals surface area contributed by atoms with E-state index in [4.69, 9.17) is 8.92 Å². The molecule has 1 aliphatic carbocycles. The largest absolute Gasteiger partial charge is 0.493 e. The highest BCUT2D eigenvalue weighted by molar-refractivity contribution is 7.85. The molecule has 1 aliphatic heterocycles. The van der Waals surface area contributed by atoms with Gasteiger partial charge in [-0.15, -0.1) is 0 Å². The fourth-order valence-corrected chi connectivity index (χ4v) is 3.44. The Labute approximate surface area is 113 Å². The van der Waals surface area contributed by atoms with E-state index in [2.05, 4.69) is 12.1 Å². The fraction of sp³-hybridized carbons (Fsp3) is 0.571. The molecule has 0 bridgehead atoms. The molecule has 5 heteroatoms. The van der Waals surface area contributed by atoms with E-state index in [0.29, 0.717) is 0 Å². The van der Waals surface area contributed by atoms with E-state index in [1.807, 2.05) is 0 Å². The van der Waals surface area contributed by atoms with Crippen LogP contribution in [0.1, 0.15) is 35.4 Å². The van der Waals surface area contributed by atoms with Gasteiger partial charge in [0.25, 0.3) is 10.1 Å².